The van der Waals surface area contributed by atoms with Gasteiger partial charge in [0, 0.05) is 12.1 Å². The first-order chi connectivity index (χ1) is 15.5. The van der Waals surface area contributed by atoms with Gasteiger partial charge in [0.25, 0.3) is 0 Å². The standard InChI is InChI=1S/C27H37ClF2O2/c1-2-3-5-17-8-10-18(11-9-17)19-12-13-22-20(14-19)6-4-7-23(22)27(31)32-21-15-24(29)26(28)25(30)16-21/h15-20,22-23H,2-14H2,1H3. The fraction of sp³-hybridized carbons (Fsp3) is 0.741. The van der Waals surface area contributed by atoms with Gasteiger partial charge in [-0.25, -0.2) is 8.78 Å². The Balaban J connectivity index is 1.32. The summed E-state index contributed by atoms with van der Waals surface area (Å²) in [7, 11) is 0. The van der Waals surface area contributed by atoms with E-state index in [9.17, 15) is 13.6 Å². The topological polar surface area (TPSA) is 26.3 Å². The molecule has 32 heavy (non-hydrogen) atoms. The Morgan fingerprint density at radius 1 is 0.969 bits per heavy atom. The van der Waals surface area contributed by atoms with E-state index in [0.29, 0.717) is 11.8 Å². The quantitative estimate of drug-likeness (QED) is 0.239. The van der Waals surface area contributed by atoms with E-state index in [0.717, 1.165) is 49.1 Å². The van der Waals surface area contributed by atoms with Crippen molar-refractivity contribution in [2.24, 2.45) is 35.5 Å². The third-order valence-electron chi connectivity index (χ3n) is 8.69. The monoisotopic (exact) mass is 466 g/mol. The van der Waals surface area contributed by atoms with Gasteiger partial charge in [-0.05, 0) is 68.1 Å². The molecule has 2 nitrogen and oxygen atoms in total. The average Bonchev–Trinajstić information content (AvgIpc) is 2.80. The number of rotatable bonds is 6. The third kappa shape index (κ3) is 5.48. The lowest BCUT2D eigenvalue weighted by molar-refractivity contribution is -0.144. The minimum atomic E-state index is -0.902. The highest BCUT2D eigenvalue weighted by Gasteiger charge is 2.43. The van der Waals surface area contributed by atoms with Crippen molar-refractivity contribution in [3.8, 4) is 5.75 Å². The highest BCUT2D eigenvalue weighted by Crippen LogP contribution is 2.50. The number of esters is 1. The van der Waals surface area contributed by atoms with Gasteiger partial charge >= 0.3 is 5.97 Å². The molecule has 1 aromatic carbocycles. The minimum Gasteiger partial charge on any atom is -0.426 e. The van der Waals surface area contributed by atoms with Gasteiger partial charge in [0.05, 0.1) is 5.92 Å². The molecule has 4 atom stereocenters. The summed E-state index contributed by atoms with van der Waals surface area (Å²) in [5, 5.41) is -0.569. The Kier molecular flexibility index (Phi) is 8.13. The Morgan fingerprint density at radius 2 is 1.66 bits per heavy atom. The molecule has 0 aromatic heterocycles. The summed E-state index contributed by atoms with van der Waals surface area (Å²) in [6.45, 7) is 2.28. The summed E-state index contributed by atoms with van der Waals surface area (Å²) >= 11 is 5.54. The Morgan fingerprint density at radius 3 is 2.34 bits per heavy atom. The molecule has 0 heterocycles. The average molecular weight is 467 g/mol. The molecule has 4 unspecified atom stereocenters. The Bertz CT molecular complexity index is 767. The van der Waals surface area contributed by atoms with E-state index >= 15 is 0 Å². The first kappa shape index (κ1) is 24.0. The summed E-state index contributed by atoms with van der Waals surface area (Å²) in [5.74, 6) is 1.13. The summed E-state index contributed by atoms with van der Waals surface area (Å²) in [6.07, 6.45) is 16.2. The molecular weight excluding hydrogens is 430 g/mol. The summed E-state index contributed by atoms with van der Waals surface area (Å²) in [6, 6.07) is 1.99. The molecule has 3 aliphatic rings. The Hall–Kier alpha value is -1.16. The van der Waals surface area contributed by atoms with Crippen LogP contribution < -0.4 is 4.74 Å². The zero-order chi connectivity index (χ0) is 22.7. The maximum Gasteiger partial charge on any atom is 0.314 e. The van der Waals surface area contributed by atoms with Crippen molar-refractivity contribution in [1.29, 1.82) is 0 Å². The largest absolute Gasteiger partial charge is 0.426 e. The van der Waals surface area contributed by atoms with Crippen molar-refractivity contribution in [2.75, 3.05) is 0 Å². The van der Waals surface area contributed by atoms with Crippen LogP contribution in [-0.2, 0) is 4.79 Å². The van der Waals surface area contributed by atoms with Crippen LogP contribution in [0, 0.1) is 47.1 Å². The number of hydrogen-bond acceptors (Lipinski definition) is 2. The maximum atomic E-state index is 13.7. The van der Waals surface area contributed by atoms with E-state index in [4.69, 9.17) is 16.3 Å². The molecule has 0 amide bonds. The van der Waals surface area contributed by atoms with Crippen molar-refractivity contribution in [3.05, 3.63) is 28.8 Å². The molecule has 178 valence electrons. The van der Waals surface area contributed by atoms with Gasteiger partial charge in [0.1, 0.15) is 22.4 Å². The zero-order valence-corrected chi connectivity index (χ0v) is 20.0. The van der Waals surface area contributed by atoms with Crippen LogP contribution in [0.15, 0.2) is 12.1 Å². The smallest absolute Gasteiger partial charge is 0.314 e. The summed E-state index contributed by atoms with van der Waals surface area (Å²) < 4.78 is 32.9. The van der Waals surface area contributed by atoms with Crippen molar-refractivity contribution >= 4 is 17.6 Å². The normalized spacial score (nSPS) is 32.9. The lowest BCUT2D eigenvalue weighted by atomic mass is 9.59. The maximum absolute atomic E-state index is 13.7. The van der Waals surface area contributed by atoms with Gasteiger partial charge in [-0.3, -0.25) is 4.79 Å². The second kappa shape index (κ2) is 10.8. The van der Waals surface area contributed by atoms with Gasteiger partial charge in [0.2, 0.25) is 0 Å². The van der Waals surface area contributed by atoms with E-state index in [2.05, 4.69) is 6.92 Å². The second-order valence-electron chi connectivity index (χ2n) is 10.6. The summed E-state index contributed by atoms with van der Waals surface area (Å²) in [4.78, 5) is 12.9. The van der Waals surface area contributed by atoms with Crippen LogP contribution in [0.1, 0.15) is 90.4 Å². The van der Waals surface area contributed by atoms with Crippen LogP contribution in [0.5, 0.6) is 5.75 Å². The molecule has 5 heteroatoms. The van der Waals surface area contributed by atoms with Crippen LogP contribution in [-0.4, -0.2) is 5.97 Å². The van der Waals surface area contributed by atoms with Crippen LogP contribution in [0.2, 0.25) is 5.02 Å². The second-order valence-corrected chi connectivity index (χ2v) is 11.0. The highest BCUT2D eigenvalue weighted by atomic mass is 35.5. The number of halogens is 3. The van der Waals surface area contributed by atoms with E-state index in [-0.39, 0.29) is 17.6 Å². The van der Waals surface area contributed by atoms with Gasteiger partial charge < -0.3 is 4.74 Å². The van der Waals surface area contributed by atoms with Crippen molar-refractivity contribution in [1.82, 2.24) is 0 Å². The molecule has 0 saturated heterocycles. The molecule has 0 aliphatic heterocycles. The molecule has 4 rings (SSSR count). The van der Waals surface area contributed by atoms with E-state index in [1.807, 2.05) is 0 Å². The SMILES string of the molecule is CCCCC1CCC(C2CCC3C(CCCC3C(=O)Oc3cc(F)c(Cl)c(F)c3)C2)CC1. The number of carbonyl (C=O) groups is 1. The molecular formula is C27H37ClF2O2. The molecule has 0 radical (unpaired) electrons. The van der Waals surface area contributed by atoms with Crippen molar-refractivity contribution in [3.63, 3.8) is 0 Å². The number of fused-ring (bicyclic) bond motifs is 1. The number of carbonyl (C=O) groups excluding carboxylic acids is 1. The van der Waals surface area contributed by atoms with Gasteiger partial charge in [-0.2, -0.15) is 0 Å². The molecule has 0 spiro atoms. The van der Waals surface area contributed by atoms with Gasteiger partial charge in [-0.15, -0.1) is 0 Å². The molecule has 3 saturated carbocycles. The lowest BCUT2D eigenvalue weighted by Crippen LogP contribution is -2.40. The fourth-order valence-corrected chi connectivity index (χ4v) is 7.05. The van der Waals surface area contributed by atoms with Gasteiger partial charge in [-0.1, -0.05) is 63.5 Å². The van der Waals surface area contributed by atoms with E-state index in [1.165, 1.54) is 64.2 Å². The first-order valence-corrected chi connectivity index (χ1v) is 13.2. The molecule has 3 aliphatic carbocycles. The number of benzene rings is 1. The summed E-state index contributed by atoms with van der Waals surface area (Å²) in [5.41, 5.74) is 0. The first-order valence-electron chi connectivity index (χ1n) is 12.8. The fourth-order valence-electron chi connectivity index (χ4n) is 6.94. The minimum absolute atomic E-state index is 0.0926. The Labute approximate surface area is 196 Å². The van der Waals surface area contributed by atoms with Crippen LogP contribution in [0.3, 0.4) is 0 Å². The number of unbranched alkanes of at least 4 members (excludes halogenated alkanes) is 1. The third-order valence-corrected chi connectivity index (χ3v) is 9.05. The highest BCUT2D eigenvalue weighted by molar-refractivity contribution is 6.30. The lowest BCUT2D eigenvalue weighted by Gasteiger charge is -2.46. The molecule has 0 bridgehead atoms. The van der Waals surface area contributed by atoms with Crippen molar-refractivity contribution in [2.45, 2.75) is 90.4 Å². The number of ether oxygens (including phenoxy) is 1. The van der Waals surface area contributed by atoms with E-state index in [1.54, 1.807) is 0 Å². The van der Waals surface area contributed by atoms with Gasteiger partial charge in [0.15, 0.2) is 0 Å². The van der Waals surface area contributed by atoms with Crippen LogP contribution >= 0.6 is 11.6 Å². The predicted molar refractivity (Wildman–Crippen MR) is 124 cm³/mol. The molecule has 1 aromatic rings. The van der Waals surface area contributed by atoms with E-state index < -0.39 is 16.7 Å². The van der Waals surface area contributed by atoms with Crippen LogP contribution in [0.25, 0.3) is 0 Å². The molecule has 3 fully saturated rings. The van der Waals surface area contributed by atoms with Crippen LogP contribution in [0.4, 0.5) is 8.78 Å². The number of hydrogen-bond donors (Lipinski definition) is 0. The van der Waals surface area contributed by atoms with Crippen molar-refractivity contribution < 1.29 is 18.3 Å². The zero-order valence-electron chi connectivity index (χ0n) is 19.3. The molecule has 0 N–H and O–H groups in total. The predicted octanol–water partition coefficient (Wildman–Crippen LogP) is 8.35.